The van der Waals surface area contributed by atoms with Crippen LogP contribution in [0.3, 0.4) is 0 Å². The fraction of sp³-hybridized carbons (Fsp3) is 1.00. The third kappa shape index (κ3) is 9.56. The summed E-state index contributed by atoms with van der Waals surface area (Å²) in [5.41, 5.74) is 0. The smallest absolute Gasteiger partial charge is 0.151 e. The largest absolute Gasteiger partial charge is 0.316 e. The van der Waals surface area contributed by atoms with Crippen LogP contribution in [0, 0.1) is 0 Å². The van der Waals surface area contributed by atoms with Gasteiger partial charge in [-0.05, 0) is 39.0 Å². The molecule has 0 aromatic rings. The van der Waals surface area contributed by atoms with Gasteiger partial charge in [0.15, 0.2) is 9.84 Å². The highest BCUT2D eigenvalue weighted by molar-refractivity contribution is 7.91. The average molecular weight is 264 g/mol. The minimum absolute atomic E-state index is 0.270. The molecule has 0 fully saturated rings. The van der Waals surface area contributed by atoms with Crippen LogP contribution in [0.4, 0.5) is 0 Å². The fourth-order valence-corrected chi connectivity index (χ4v) is 3.01. The normalized spacial score (nSPS) is 12.2. The van der Waals surface area contributed by atoms with Crippen LogP contribution in [-0.2, 0) is 9.84 Å². The maximum absolute atomic E-state index is 11.4. The standard InChI is InChI=1S/C12H28N2O2S/c1-4-11-17(15,16)12-9-13-8-7-10-14(5-2)6-3/h13H,4-12H2,1-3H3. The van der Waals surface area contributed by atoms with Gasteiger partial charge in [0.2, 0.25) is 0 Å². The molecule has 4 nitrogen and oxygen atoms in total. The van der Waals surface area contributed by atoms with Crippen molar-refractivity contribution < 1.29 is 8.42 Å². The Balaban J connectivity index is 3.47. The summed E-state index contributed by atoms with van der Waals surface area (Å²) in [5.74, 6) is 0.584. The van der Waals surface area contributed by atoms with Gasteiger partial charge in [-0.25, -0.2) is 8.42 Å². The maximum Gasteiger partial charge on any atom is 0.151 e. The van der Waals surface area contributed by atoms with Gasteiger partial charge in [0.25, 0.3) is 0 Å². The van der Waals surface area contributed by atoms with E-state index in [9.17, 15) is 8.42 Å². The van der Waals surface area contributed by atoms with Gasteiger partial charge in [-0.15, -0.1) is 0 Å². The molecule has 0 rings (SSSR count). The van der Waals surface area contributed by atoms with Crippen LogP contribution in [-0.4, -0.2) is 57.5 Å². The van der Waals surface area contributed by atoms with Crippen molar-refractivity contribution in [1.82, 2.24) is 10.2 Å². The van der Waals surface area contributed by atoms with Gasteiger partial charge in [0, 0.05) is 12.3 Å². The van der Waals surface area contributed by atoms with Gasteiger partial charge < -0.3 is 10.2 Å². The van der Waals surface area contributed by atoms with E-state index < -0.39 is 9.84 Å². The fourth-order valence-electron chi connectivity index (χ4n) is 1.73. The molecule has 5 heteroatoms. The SMILES string of the molecule is CCCS(=O)(=O)CCNCCCN(CC)CC. The second kappa shape index (κ2) is 9.85. The average Bonchev–Trinajstić information content (AvgIpc) is 2.28. The summed E-state index contributed by atoms with van der Waals surface area (Å²) in [6.45, 7) is 11.0. The first-order chi connectivity index (χ1) is 8.05. The van der Waals surface area contributed by atoms with Crippen LogP contribution in [0.1, 0.15) is 33.6 Å². The minimum atomic E-state index is -2.82. The van der Waals surface area contributed by atoms with Crippen LogP contribution in [0.5, 0.6) is 0 Å². The van der Waals surface area contributed by atoms with Crippen molar-refractivity contribution in [1.29, 1.82) is 0 Å². The Morgan fingerprint density at radius 3 is 2.18 bits per heavy atom. The lowest BCUT2D eigenvalue weighted by Gasteiger charge is -2.17. The second-order valence-corrected chi connectivity index (χ2v) is 6.59. The lowest BCUT2D eigenvalue weighted by atomic mass is 10.3. The lowest BCUT2D eigenvalue weighted by molar-refractivity contribution is 0.298. The van der Waals surface area contributed by atoms with Gasteiger partial charge in [-0.2, -0.15) is 0 Å². The van der Waals surface area contributed by atoms with Crippen LogP contribution >= 0.6 is 0 Å². The van der Waals surface area contributed by atoms with E-state index in [2.05, 4.69) is 24.1 Å². The molecule has 0 aliphatic heterocycles. The molecule has 0 spiro atoms. The van der Waals surface area contributed by atoms with Crippen molar-refractivity contribution in [2.75, 3.05) is 44.2 Å². The second-order valence-electron chi connectivity index (χ2n) is 4.28. The van der Waals surface area contributed by atoms with Gasteiger partial charge in [-0.3, -0.25) is 0 Å². The molecule has 0 aromatic carbocycles. The number of hydrogen-bond acceptors (Lipinski definition) is 4. The molecule has 0 radical (unpaired) electrons. The van der Waals surface area contributed by atoms with Crippen molar-refractivity contribution in [2.45, 2.75) is 33.6 Å². The molecule has 0 saturated carbocycles. The molecule has 0 heterocycles. The Kier molecular flexibility index (Phi) is 9.78. The zero-order chi connectivity index (χ0) is 13.1. The molecular weight excluding hydrogens is 236 g/mol. The predicted molar refractivity (Wildman–Crippen MR) is 74.2 cm³/mol. The summed E-state index contributed by atoms with van der Waals surface area (Å²) >= 11 is 0. The van der Waals surface area contributed by atoms with Gasteiger partial charge in [0.05, 0.1) is 5.75 Å². The van der Waals surface area contributed by atoms with E-state index >= 15 is 0 Å². The molecule has 0 bridgehead atoms. The number of nitrogens with zero attached hydrogens (tertiary/aromatic N) is 1. The minimum Gasteiger partial charge on any atom is -0.316 e. The molecule has 0 amide bonds. The van der Waals surface area contributed by atoms with E-state index in [-0.39, 0.29) is 5.75 Å². The highest BCUT2D eigenvalue weighted by Gasteiger charge is 2.07. The van der Waals surface area contributed by atoms with Crippen molar-refractivity contribution in [2.24, 2.45) is 0 Å². The van der Waals surface area contributed by atoms with Gasteiger partial charge in [-0.1, -0.05) is 20.8 Å². The molecule has 104 valence electrons. The number of hydrogen-bond donors (Lipinski definition) is 1. The zero-order valence-corrected chi connectivity index (χ0v) is 12.4. The zero-order valence-electron chi connectivity index (χ0n) is 11.5. The third-order valence-electron chi connectivity index (χ3n) is 2.83. The molecule has 0 atom stereocenters. The Labute approximate surface area is 107 Å². The summed E-state index contributed by atoms with van der Waals surface area (Å²) in [7, 11) is -2.82. The van der Waals surface area contributed by atoms with E-state index in [0.29, 0.717) is 18.7 Å². The summed E-state index contributed by atoms with van der Waals surface area (Å²) < 4.78 is 22.8. The number of sulfone groups is 1. The summed E-state index contributed by atoms with van der Waals surface area (Å²) in [6, 6.07) is 0. The first-order valence-corrected chi connectivity index (χ1v) is 8.51. The molecule has 0 unspecified atom stereocenters. The Morgan fingerprint density at radius 2 is 1.65 bits per heavy atom. The molecule has 1 N–H and O–H groups in total. The number of nitrogens with one attached hydrogen (secondary N) is 1. The van der Waals surface area contributed by atoms with E-state index in [1.165, 1.54) is 0 Å². The van der Waals surface area contributed by atoms with E-state index in [0.717, 1.165) is 32.6 Å². The van der Waals surface area contributed by atoms with Crippen molar-refractivity contribution >= 4 is 9.84 Å². The van der Waals surface area contributed by atoms with Crippen molar-refractivity contribution in [3.8, 4) is 0 Å². The first-order valence-electron chi connectivity index (χ1n) is 6.69. The predicted octanol–water partition coefficient (Wildman–Crippen LogP) is 1.13. The first kappa shape index (κ1) is 16.9. The topological polar surface area (TPSA) is 49.4 Å². The molecule has 0 saturated heterocycles. The Hall–Kier alpha value is -0.130. The van der Waals surface area contributed by atoms with Gasteiger partial charge >= 0.3 is 0 Å². The van der Waals surface area contributed by atoms with Crippen LogP contribution in [0.15, 0.2) is 0 Å². The summed E-state index contributed by atoms with van der Waals surface area (Å²) in [5, 5.41) is 3.20. The molecule has 0 aliphatic carbocycles. The molecule has 0 aliphatic rings. The van der Waals surface area contributed by atoms with Crippen LogP contribution in [0.2, 0.25) is 0 Å². The highest BCUT2D eigenvalue weighted by atomic mass is 32.2. The molecule has 17 heavy (non-hydrogen) atoms. The lowest BCUT2D eigenvalue weighted by Crippen LogP contribution is -2.29. The summed E-state index contributed by atoms with van der Waals surface area (Å²) in [4.78, 5) is 2.37. The van der Waals surface area contributed by atoms with Crippen molar-refractivity contribution in [3.05, 3.63) is 0 Å². The Morgan fingerprint density at radius 1 is 1.00 bits per heavy atom. The van der Waals surface area contributed by atoms with Crippen molar-refractivity contribution in [3.63, 3.8) is 0 Å². The van der Waals surface area contributed by atoms with Crippen LogP contribution < -0.4 is 5.32 Å². The quantitative estimate of drug-likeness (QED) is 0.568. The van der Waals surface area contributed by atoms with E-state index in [1.807, 2.05) is 6.92 Å². The Bertz CT molecular complexity index is 262. The monoisotopic (exact) mass is 264 g/mol. The van der Waals surface area contributed by atoms with E-state index in [4.69, 9.17) is 0 Å². The molecular formula is C12H28N2O2S. The third-order valence-corrected chi connectivity index (χ3v) is 4.68. The highest BCUT2D eigenvalue weighted by Crippen LogP contribution is 1.93. The number of rotatable bonds is 11. The van der Waals surface area contributed by atoms with E-state index in [1.54, 1.807) is 0 Å². The van der Waals surface area contributed by atoms with Crippen LogP contribution in [0.25, 0.3) is 0 Å². The maximum atomic E-state index is 11.4. The van der Waals surface area contributed by atoms with Gasteiger partial charge in [0.1, 0.15) is 0 Å². The summed E-state index contributed by atoms with van der Waals surface area (Å²) in [6.07, 6.45) is 1.79. The molecule has 0 aromatic heterocycles.